The Bertz CT molecular complexity index is 1090. The summed E-state index contributed by atoms with van der Waals surface area (Å²) in [6, 6.07) is 7.16. The first-order valence-corrected chi connectivity index (χ1v) is 12.7. The minimum atomic E-state index is -1.73. The smallest absolute Gasteiger partial charge is 0.233 e. The molecule has 2 aliphatic heterocycles. The molecule has 0 bridgehead atoms. The van der Waals surface area contributed by atoms with Crippen molar-refractivity contribution in [3.05, 3.63) is 43.7 Å². The van der Waals surface area contributed by atoms with Crippen LogP contribution in [-0.2, 0) is 20.9 Å². The van der Waals surface area contributed by atoms with Crippen molar-refractivity contribution in [2.24, 2.45) is 23.7 Å². The standard InChI is InChI=1S/C23H24INO7S/c1-31-18-6-11(5-16(24)20(18)27)17-8-15-19-14(7-12(10-26)23(15,30)32-17)21(28)25(22(19)29)9-13-3-2-4-33-13/h2-6,12,14-15,17,19,26-27,30H,7-10H2,1H3/t12-,14+,15+,17+,19+,23-/m1/s1. The fraction of sp³-hybridized carbons (Fsp3) is 0.478. The SMILES string of the molecule is COc1cc([C@@H]2C[C@H]3[C@H]4C(=O)N(Cc5cccs5)C(=O)[C@H]4C[C@H](CO)[C@@]3(O)O2)cc(I)c1O. The van der Waals surface area contributed by atoms with Crippen molar-refractivity contribution in [1.82, 2.24) is 4.90 Å². The van der Waals surface area contributed by atoms with Crippen molar-refractivity contribution in [2.45, 2.75) is 31.3 Å². The van der Waals surface area contributed by atoms with Crippen molar-refractivity contribution in [1.29, 1.82) is 0 Å². The molecule has 0 radical (unpaired) electrons. The zero-order valence-corrected chi connectivity index (χ0v) is 20.8. The maximum atomic E-state index is 13.4. The summed E-state index contributed by atoms with van der Waals surface area (Å²) in [6.07, 6.45) is -0.0857. The second-order valence-electron chi connectivity index (χ2n) is 8.84. The van der Waals surface area contributed by atoms with Crippen molar-refractivity contribution in [3.63, 3.8) is 0 Å². The van der Waals surface area contributed by atoms with Crippen molar-refractivity contribution < 1.29 is 34.4 Å². The summed E-state index contributed by atoms with van der Waals surface area (Å²) >= 11 is 3.47. The molecule has 6 atom stereocenters. The number of ether oxygens (including phenoxy) is 2. The van der Waals surface area contributed by atoms with E-state index in [-0.39, 0.29) is 42.9 Å². The number of thiophene rings is 1. The first kappa shape index (κ1) is 23.0. The Balaban J connectivity index is 1.49. The number of methoxy groups -OCH3 is 1. The highest BCUT2D eigenvalue weighted by atomic mass is 127. The number of aliphatic hydroxyl groups is 2. The lowest BCUT2D eigenvalue weighted by Crippen LogP contribution is -2.54. The summed E-state index contributed by atoms with van der Waals surface area (Å²) in [7, 11) is 1.45. The van der Waals surface area contributed by atoms with Gasteiger partial charge in [0.2, 0.25) is 11.8 Å². The van der Waals surface area contributed by atoms with E-state index in [9.17, 15) is 24.9 Å². The molecule has 176 valence electrons. The number of phenolic OH excluding ortho intramolecular Hbond substituents is 1. The summed E-state index contributed by atoms with van der Waals surface area (Å²) in [5.41, 5.74) is 0.692. The number of rotatable bonds is 5. The number of hydrogen-bond acceptors (Lipinski definition) is 8. The molecule has 1 aliphatic carbocycles. The van der Waals surface area contributed by atoms with Gasteiger partial charge in [-0.2, -0.15) is 0 Å². The van der Waals surface area contributed by atoms with Gasteiger partial charge in [-0.15, -0.1) is 11.3 Å². The predicted molar refractivity (Wildman–Crippen MR) is 126 cm³/mol. The summed E-state index contributed by atoms with van der Waals surface area (Å²) in [6.45, 7) is -0.138. The van der Waals surface area contributed by atoms with Gasteiger partial charge in [0.25, 0.3) is 0 Å². The molecular weight excluding hydrogens is 561 g/mol. The number of likely N-dealkylation sites (tertiary alicyclic amines) is 1. The Morgan fingerprint density at radius 1 is 1.30 bits per heavy atom. The molecule has 5 rings (SSSR count). The average molecular weight is 585 g/mol. The molecule has 10 heteroatoms. The molecule has 0 unspecified atom stereocenters. The Morgan fingerprint density at radius 2 is 2.09 bits per heavy atom. The number of amides is 2. The fourth-order valence-corrected chi connectivity index (χ4v) is 6.93. The van der Waals surface area contributed by atoms with Crippen LogP contribution in [0.4, 0.5) is 0 Å². The van der Waals surface area contributed by atoms with E-state index in [1.54, 1.807) is 12.1 Å². The second-order valence-corrected chi connectivity index (χ2v) is 11.0. The topological polar surface area (TPSA) is 117 Å². The monoisotopic (exact) mass is 585 g/mol. The molecule has 0 spiro atoms. The number of carbonyl (C=O) groups is 2. The summed E-state index contributed by atoms with van der Waals surface area (Å²) in [4.78, 5) is 28.8. The fourth-order valence-electron chi connectivity index (χ4n) is 5.61. The molecule has 8 nitrogen and oxygen atoms in total. The Labute approximate surface area is 208 Å². The molecule has 2 saturated heterocycles. The highest BCUT2D eigenvalue weighted by Crippen LogP contribution is 2.58. The molecule has 1 aromatic carbocycles. The van der Waals surface area contributed by atoms with Gasteiger partial charge >= 0.3 is 0 Å². The van der Waals surface area contributed by atoms with Crippen LogP contribution in [0, 0.1) is 27.2 Å². The van der Waals surface area contributed by atoms with Crippen LogP contribution < -0.4 is 4.74 Å². The van der Waals surface area contributed by atoms with Crippen LogP contribution in [0.3, 0.4) is 0 Å². The Kier molecular flexibility index (Phi) is 5.93. The zero-order chi connectivity index (χ0) is 23.5. The minimum absolute atomic E-state index is 0.0186. The molecule has 3 heterocycles. The highest BCUT2D eigenvalue weighted by Gasteiger charge is 2.66. The van der Waals surface area contributed by atoms with Gasteiger partial charge in [-0.1, -0.05) is 6.07 Å². The predicted octanol–water partition coefficient (Wildman–Crippen LogP) is 2.65. The first-order valence-electron chi connectivity index (χ1n) is 10.7. The summed E-state index contributed by atoms with van der Waals surface area (Å²) < 4.78 is 12.0. The number of benzene rings is 1. The summed E-state index contributed by atoms with van der Waals surface area (Å²) in [5, 5.41) is 33.7. The van der Waals surface area contributed by atoms with E-state index in [1.165, 1.54) is 23.3 Å². The lowest BCUT2D eigenvalue weighted by atomic mass is 9.64. The number of hydrogen-bond donors (Lipinski definition) is 3. The highest BCUT2D eigenvalue weighted by molar-refractivity contribution is 14.1. The first-order chi connectivity index (χ1) is 15.8. The third-order valence-electron chi connectivity index (χ3n) is 7.21. The van der Waals surface area contributed by atoms with Crippen LogP contribution in [0.15, 0.2) is 29.6 Å². The maximum Gasteiger partial charge on any atom is 0.233 e. The van der Waals surface area contributed by atoms with Gasteiger partial charge in [-0.25, -0.2) is 0 Å². The van der Waals surface area contributed by atoms with Gasteiger partial charge < -0.3 is 24.8 Å². The van der Waals surface area contributed by atoms with Gasteiger partial charge in [0.05, 0.1) is 41.8 Å². The van der Waals surface area contributed by atoms with Crippen LogP contribution in [0.1, 0.15) is 29.4 Å². The number of fused-ring (bicyclic) bond motifs is 3. The van der Waals surface area contributed by atoms with Crippen LogP contribution in [0.5, 0.6) is 11.5 Å². The number of imide groups is 1. The number of carbonyl (C=O) groups excluding carboxylic acids is 2. The lowest BCUT2D eigenvalue weighted by molar-refractivity contribution is -0.274. The van der Waals surface area contributed by atoms with Crippen molar-refractivity contribution >= 4 is 45.7 Å². The normalized spacial score (nSPS) is 33.3. The molecule has 3 fully saturated rings. The van der Waals surface area contributed by atoms with E-state index in [0.29, 0.717) is 15.6 Å². The van der Waals surface area contributed by atoms with Gasteiger partial charge in [-0.3, -0.25) is 14.5 Å². The number of halogens is 1. The van der Waals surface area contributed by atoms with Gasteiger partial charge in [0.15, 0.2) is 17.3 Å². The second kappa shape index (κ2) is 8.49. The van der Waals surface area contributed by atoms with E-state index in [1.807, 2.05) is 40.1 Å². The van der Waals surface area contributed by atoms with E-state index in [0.717, 1.165) is 4.88 Å². The van der Waals surface area contributed by atoms with Crippen molar-refractivity contribution in [2.75, 3.05) is 13.7 Å². The van der Waals surface area contributed by atoms with Gasteiger partial charge in [0.1, 0.15) is 0 Å². The van der Waals surface area contributed by atoms with Crippen LogP contribution in [0.2, 0.25) is 0 Å². The number of phenols is 1. The van der Waals surface area contributed by atoms with E-state index in [2.05, 4.69) is 0 Å². The average Bonchev–Trinajstić information content (AvgIpc) is 3.49. The van der Waals surface area contributed by atoms with Crippen LogP contribution >= 0.6 is 33.9 Å². The van der Waals surface area contributed by atoms with E-state index >= 15 is 0 Å². The van der Waals surface area contributed by atoms with Gasteiger partial charge in [0, 0.05) is 16.7 Å². The zero-order valence-electron chi connectivity index (χ0n) is 17.8. The molecule has 3 aliphatic rings. The molecule has 3 N–H and O–H groups in total. The molecule has 2 amide bonds. The van der Waals surface area contributed by atoms with E-state index in [4.69, 9.17) is 9.47 Å². The molecular formula is C23H24INO7S. The maximum absolute atomic E-state index is 13.4. The summed E-state index contributed by atoms with van der Waals surface area (Å²) in [5.74, 6) is -4.58. The molecule has 33 heavy (non-hydrogen) atoms. The largest absolute Gasteiger partial charge is 0.504 e. The third-order valence-corrected chi connectivity index (χ3v) is 8.90. The molecule has 1 aromatic heterocycles. The van der Waals surface area contributed by atoms with Crippen LogP contribution in [-0.4, -0.2) is 51.5 Å². The number of nitrogens with zero attached hydrogens (tertiary/aromatic N) is 1. The Morgan fingerprint density at radius 3 is 2.76 bits per heavy atom. The Hall–Kier alpha value is -1.73. The van der Waals surface area contributed by atoms with Crippen molar-refractivity contribution in [3.8, 4) is 11.5 Å². The minimum Gasteiger partial charge on any atom is -0.504 e. The van der Waals surface area contributed by atoms with Gasteiger partial charge in [-0.05, 0) is 64.6 Å². The third kappa shape index (κ3) is 3.57. The molecule has 1 saturated carbocycles. The van der Waals surface area contributed by atoms with E-state index < -0.39 is 35.6 Å². The quantitative estimate of drug-likeness (QED) is 0.365. The number of aliphatic hydroxyl groups excluding tert-OH is 1. The lowest BCUT2D eigenvalue weighted by Gasteiger charge is -2.44. The number of aromatic hydroxyl groups is 1. The van der Waals surface area contributed by atoms with Crippen LogP contribution in [0.25, 0.3) is 0 Å². The molecule has 2 aromatic rings.